The lowest BCUT2D eigenvalue weighted by Crippen LogP contribution is -2.21. The van der Waals surface area contributed by atoms with Crippen molar-refractivity contribution < 1.29 is 9.13 Å². The lowest BCUT2D eigenvalue weighted by Gasteiger charge is -2.09. The summed E-state index contributed by atoms with van der Waals surface area (Å²) >= 11 is 0. The van der Waals surface area contributed by atoms with Crippen LogP contribution in [0.3, 0.4) is 0 Å². The van der Waals surface area contributed by atoms with Gasteiger partial charge in [-0.15, -0.1) is 0 Å². The molecule has 0 aromatic heterocycles. The second kappa shape index (κ2) is 7.19. The monoisotopic (exact) mass is 226 g/mol. The second-order valence-corrected chi connectivity index (χ2v) is 3.60. The first-order valence-electron chi connectivity index (χ1n) is 5.51. The van der Waals surface area contributed by atoms with Gasteiger partial charge in [0.2, 0.25) is 0 Å². The molecule has 0 fully saturated rings. The lowest BCUT2D eigenvalue weighted by molar-refractivity contribution is 0.407. The topological polar surface area (TPSA) is 47.3 Å². The summed E-state index contributed by atoms with van der Waals surface area (Å²) in [5, 5.41) is 3.25. The Hall–Kier alpha value is -1.13. The van der Waals surface area contributed by atoms with Crippen molar-refractivity contribution in [3.8, 4) is 5.75 Å². The fraction of sp³-hybridized carbons (Fsp3) is 0.500. The molecule has 0 heterocycles. The average molecular weight is 226 g/mol. The molecule has 0 aliphatic carbocycles. The Kier molecular flexibility index (Phi) is 5.82. The summed E-state index contributed by atoms with van der Waals surface area (Å²) in [4.78, 5) is 0. The number of halogens is 1. The van der Waals surface area contributed by atoms with Gasteiger partial charge >= 0.3 is 0 Å². The maximum atomic E-state index is 13.0. The van der Waals surface area contributed by atoms with Gasteiger partial charge in [0.05, 0.1) is 7.11 Å². The number of hydrogen-bond acceptors (Lipinski definition) is 3. The molecule has 0 aliphatic rings. The van der Waals surface area contributed by atoms with E-state index in [0.717, 1.165) is 37.2 Å². The van der Waals surface area contributed by atoms with Gasteiger partial charge in [0.25, 0.3) is 0 Å². The summed E-state index contributed by atoms with van der Waals surface area (Å²) in [6.07, 6.45) is 1.71. The van der Waals surface area contributed by atoms with Crippen LogP contribution in [0.15, 0.2) is 18.2 Å². The Morgan fingerprint density at radius 1 is 1.38 bits per heavy atom. The number of benzene rings is 1. The molecule has 3 nitrogen and oxygen atoms in total. The van der Waals surface area contributed by atoms with Gasteiger partial charge < -0.3 is 15.8 Å². The molecule has 90 valence electrons. The summed E-state index contributed by atoms with van der Waals surface area (Å²) in [5.41, 5.74) is 6.27. The molecule has 0 bridgehead atoms. The maximum absolute atomic E-state index is 13.0. The predicted molar refractivity (Wildman–Crippen MR) is 63.2 cm³/mol. The van der Waals surface area contributed by atoms with E-state index in [9.17, 15) is 4.39 Å². The molecule has 1 aromatic rings. The molecule has 1 rings (SSSR count). The van der Waals surface area contributed by atoms with Crippen molar-refractivity contribution in [1.82, 2.24) is 5.32 Å². The molecule has 4 heteroatoms. The van der Waals surface area contributed by atoms with Crippen LogP contribution in [0.1, 0.15) is 12.0 Å². The smallest absolute Gasteiger partial charge is 0.123 e. The first-order valence-corrected chi connectivity index (χ1v) is 5.51. The molecule has 1 aromatic carbocycles. The minimum atomic E-state index is -0.224. The molecule has 0 unspecified atom stereocenters. The molecular formula is C12H19FN2O. The Morgan fingerprint density at radius 2 is 2.19 bits per heavy atom. The summed E-state index contributed by atoms with van der Waals surface area (Å²) in [6.45, 7) is 2.39. The summed E-state index contributed by atoms with van der Waals surface area (Å²) in [5.74, 6) is 0.514. The third-order valence-corrected chi connectivity index (χ3v) is 2.37. The van der Waals surface area contributed by atoms with Crippen LogP contribution >= 0.6 is 0 Å². The highest BCUT2D eigenvalue weighted by Crippen LogP contribution is 2.19. The van der Waals surface area contributed by atoms with Crippen LogP contribution in [0.25, 0.3) is 0 Å². The van der Waals surface area contributed by atoms with Crippen molar-refractivity contribution in [2.24, 2.45) is 5.73 Å². The molecule has 0 radical (unpaired) electrons. The zero-order chi connectivity index (χ0) is 11.8. The zero-order valence-corrected chi connectivity index (χ0v) is 9.63. The van der Waals surface area contributed by atoms with Gasteiger partial charge in [-0.2, -0.15) is 0 Å². The molecule has 0 saturated heterocycles. The molecule has 0 spiro atoms. The van der Waals surface area contributed by atoms with Gasteiger partial charge in [0.1, 0.15) is 11.6 Å². The normalized spacial score (nSPS) is 10.4. The molecule has 0 aliphatic heterocycles. The van der Waals surface area contributed by atoms with Crippen molar-refractivity contribution in [2.45, 2.75) is 12.8 Å². The van der Waals surface area contributed by atoms with Crippen molar-refractivity contribution in [1.29, 1.82) is 0 Å². The molecule has 16 heavy (non-hydrogen) atoms. The first kappa shape index (κ1) is 12.9. The van der Waals surface area contributed by atoms with Crippen LogP contribution in [0, 0.1) is 5.82 Å². The summed E-state index contributed by atoms with van der Waals surface area (Å²) in [6, 6.07) is 4.58. The number of nitrogens with two attached hydrogens (primary N) is 1. The third kappa shape index (κ3) is 4.16. The SMILES string of the molecule is COc1ccc(F)cc1CCNCCCN. The van der Waals surface area contributed by atoms with Crippen LogP contribution < -0.4 is 15.8 Å². The van der Waals surface area contributed by atoms with E-state index in [1.165, 1.54) is 12.1 Å². The van der Waals surface area contributed by atoms with E-state index in [0.29, 0.717) is 6.54 Å². The summed E-state index contributed by atoms with van der Waals surface area (Å²) in [7, 11) is 1.60. The Balaban J connectivity index is 2.42. The van der Waals surface area contributed by atoms with Crippen LogP contribution in [-0.2, 0) is 6.42 Å². The van der Waals surface area contributed by atoms with Crippen molar-refractivity contribution >= 4 is 0 Å². The van der Waals surface area contributed by atoms with Gasteiger partial charge in [-0.05, 0) is 56.2 Å². The van der Waals surface area contributed by atoms with E-state index in [-0.39, 0.29) is 5.82 Å². The Bertz CT molecular complexity index is 318. The number of hydrogen-bond donors (Lipinski definition) is 2. The highest BCUT2D eigenvalue weighted by Gasteiger charge is 2.03. The number of methoxy groups -OCH3 is 1. The Labute approximate surface area is 95.8 Å². The number of rotatable bonds is 7. The number of ether oxygens (including phenoxy) is 1. The maximum Gasteiger partial charge on any atom is 0.123 e. The minimum absolute atomic E-state index is 0.224. The minimum Gasteiger partial charge on any atom is -0.496 e. The van der Waals surface area contributed by atoms with Crippen molar-refractivity contribution in [2.75, 3.05) is 26.7 Å². The van der Waals surface area contributed by atoms with E-state index >= 15 is 0 Å². The Morgan fingerprint density at radius 3 is 2.88 bits per heavy atom. The lowest BCUT2D eigenvalue weighted by atomic mass is 10.1. The van der Waals surface area contributed by atoms with E-state index in [4.69, 9.17) is 10.5 Å². The second-order valence-electron chi connectivity index (χ2n) is 3.60. The van der Waals surface area contributed by atoms with E-state index < -0.39 is 0 Å². The van der Waals surface area contributed by atoms with Gasteiger partial charge in [-0.25, -0.2) is 4.39 Å². The first-order chi connectivity index (χ1) is 7.77. The quantitative estimate of drug-likeness (QED) is 0.689. The fourth-order valence-corrected chi connectivity index (χ4v) is 1.52. The van der Waals surface area contributed by atoms with Crippen LogP contribution in [0.2, 0.25) is 0 Å². The van der Waals surface area contributed by atoms with Crippen LogP contribution in [0.4, 0.5) is 4.39 Å². The standard InChI is InChI=1S/C12H19FN2O/c1-16-12-4-3-11(13)9-10(12)5-8-15-7-2-6-14/h3-4,9,15H,2,5-8,14H2,1H3. The average Bonchev–Trinajstić information content (AvgIpc) is 2.29. The third-order valence-electron chi connectivity index (χ3n) is 2.37. The van der Waals surface area contributed by atoms with E-state index in [1.807, 2.05) is 0 Å². The number of nitrogens with one attached hydrogen (secondary N) is 1. The highest BCUT2D eigenvalue weighted by molar-refractivity contribution is 5.34. The molecule has 0 saturated carbocycles. The largest absolute Gasteiger partial charge is 0.496 e. The summed E-state index contributed by atoms with van der Waals surface area (Å²) < 4.78 is 18.2. The fourth-order valence-electron chi connectivity index (χ4n) is 1.52. The van der Waals surface area contributed by atoms with Crippen LogP contribution in [-0.4, -0.2) is 26.7 Å². The van der Waals surface area contributed by atoms with Gasteiger partial charge in [-0.3, -0.25) is 0 Å². The highest BCUT2D eigenvalue weighted by atomic mass is 19.1. The van der Waals surface area contributed by atoms with Crippen molar-refractivity contribution in [3.63, 3.8) is 0 Å². The van der Waals surface area contributed by atoms with Gasteiger partial charge in [0, 0.05) is 0 Å². The van der Waals surface area contributed by atoms with Crippen LogP contribution in [0.5, 0.6) is 5.75 Å². The predicted octanol–water partition coefficient (Wildman–Crippen LogP) is 1.32. The van der Waals surface area contributed by atoms with Gasteiger partial charge in [-0.1, -0.05) is 0 Å². The molecule has 0 amide bonds. The molecule has 3 N–H and O–H groups in total. The van der Waals surface area contributed by atoms with E-state index in [1.54, 1.807) is 13.2 Å². The van der Waals surface area contributed by atoms with Crippen molar-refractivity contribution in [3.05, 3.63) is 29.6 Å². The van der Waals surface area contributed by atoms with E-state index in [2.05, 4.69) is 5.32 Å². The molecule has 0 atom stereocenters. The molecular weight excluding hydrogens is 207 g/mol. The van der Waals surface area contributed by atoms with Gasteiger partial charge in [0.15, 0.2) is 0 Å². The zero-order valence-electron chi connectivity index (χ0n) is 9.63.